The van der Waals surface area contributed by atoms with E-state index in [9.17, 15) is 4.79 Å². The first-order chi connectivity index (χ1) is 15.5. The quantitative estimate of drug-likeness (QED) is 0.477. The molecule has 1 fully saturated rings. The number of benzene rings is 1. The Morgan fingerprint density at radius 1 is 1.22 bits per heavy atom. The van der Waals surface area contributed by atoms with E-state index in [1.807, 2.05) is 43.5 Å². The highest BCUT2D eigenvalue weighted by molar-refractivity contribution is 6.04. The van der Waals surface area contributed by atoms with Crippen molar-refractivity contribution in [2.75, 3.05) is 11.1 Å². The third-order valence-electron chi connectivity index (χ3n) is 6.00. The molecule has 170 valence electrons. The van der Waals surface area contributed by atoms with Crippen LogP contribution in [0, 0.1) is 12.3 Å². The third kappa shape index (κ3) is 4.66. The van der Waals surface area contributed by atoms with Crippen LogP contribution in [0.1, 0.15) is 75.7 Å². The Morgan fingerprint density at radius 2 is 1.94 bits per heavy atom. The van der Waals surface area contributed by atoms with E-state index in [0.29, 0.717) is 23.6 Å². The lowest BCUT2D eigenvalue weighted by molar-refractivity contribution is 0.341. The van der Waals surface area contributed by atoms with Gasteiger partial charge in [-0.1, -0.05) is 51.3 Å². The average molecular weight is 435 g/mol. The fourth-order valence-corrected chi connectivity index (χ4v) is 4.56. The van der Waals surface area contributed by atoms with Crippen molar-refractivity contribution in [3.63, 3.8) is 0 Å². The van der Waals surface area contributed by atoms with E-state index in [1.54, 1.807) is 6.92 Å². The van der Waals surface area contributed by atoms with E-state index in [-0.39, 0.29) is 17.4 Å². The number of nitrogen functional groups attached to an aromatic ring is 1. The normalized spacial score (nSPS) is 14.0. The van der Waals surface area contributed by atoms with Gasteiger partial charge in [0.1, 0.15) is 18.0 Å². The summed E-state index contributed by atoms with van der Waals surface area (Å²) in [6, 6.07) is 8.30. The highest BCUT2D eigenvalue weighted by Crippen LogP contribution is 2.30. The summed E-state index contributed by atoms with van der Waals surface area (Å²) in [5.41, 5.74) is 8.78. The summed E-state index contributed by atoms with van der Waals surface area (Å²) < 4.78 is 1.99. The fraction of sp³-hybridized carbons (Fsp3) is 0.440. The van der Waals surface area contributed by atoms with Crippen LogP contribution in [0.4, 0.5) is 11.6 Å². The molecule has 0 unspecified atom stereocenters. The maximum absolute atomic E-state index is 13.6. The second-order valence-corrected chi connectivity index (χ2v) is 8.10. The molecule has 1 aromatic carbocycles. The van der Waals surface area contributed by atoms with Crippen molar-refractivity contribution in [2.45, 2.75) is 72.4 Å². The second kappa shape index (κ2) is 10.4. The van der Waals surface area contributed by atoms with Crippen LogP contribution in [0.5, 0.6) is 0 Å². The zero-order valence-electron chi connectivity index (χ0n) is 19.5. The maximum Gasteiger partial charge on any atom is 0.259 e. The third-order valence-corrected chi connectivity index (χ3v) is 6.00. The number of aromatic nitrogens is 3. The van der Waals surface area contributed by atoms with Gasteiger partial charge in [-0.2, -0.15) is 0 Å². The van der Waals surface area contributed by atoms with Crippen molar-refractivity contribution in [3.05, 3.63) is 57.8 Å². The van der Waals surface area contributed by atoms with Gasteiger partial charge in [0.2, 0.25) is 0 Å². The monoisotopic (exact) mass is 434 g/mol. The van der Waals surface area contributed by atoms with E-state index in [4.69, 9.17) is 11.1 Å². The summed E-state index contributed by atoms with van der Waals surface area (Å²) in [6.07, 6.45) is 6.96. The van der Waals surface area contributed by atoms with Gasteiger partial charge < -0.3 is 21.0 Å². The van der Waals surface area contributed by atoms with Gasteiger partial charge in [-0.05, 0) is 43.7 Å². The number of nitrogens with two attached hydrogens (primary N) is 1. The summed E-state index contributed by atoms with van der Waals surface area (Å²) in [6.45, 7) is 8.08. The van der Waals surface area contributed by atoms with Gasteiger partial charge in [-0.15, -0.1) is 0 Å². The standard InChI is InChI=1S/C23H28N6O.C2H6/c1-14-7-6-8-16-11-18(12-26-22-20(15(2)24)21(25)27-13-28-22)29(23(30)19(14)16)17-9-4-3-5-10-17;1-2/h6-8,11,13,17,24H,3-5,9-10,12H2,1-2H3,(H3,25,26,27,28);1-2H3. The highest BCUT2D eigenvalue weighted by Gasteiger charge is 2.21. The number of pyridine rings is 1. The fourth-order valence-electron chi connectivity index (χ4n) is 4.56. The first-order valence-corrected chi connectivity index (χ1v) is 11.5. The predicted molar refractivity (Wildman–Crippen MR) is 133 cm³/mol. The lowest BCUT2D eigenvalue weighted by atomic mass is 9.94. The van der Waals surface area contributed by atoms with Crippen molar-refractivity contribution in [2.24, 2.45) is 0 Å². The number of rotatable bonds is 5. The Bertz CT molecular complexity index is 1160. The molecule has 7 heteroatoms. The highest BCUT2D eigenvalue weighted by atomic mass is 16.1. The summed E-state index contributed by atoms with van der Waals surface area (Å²) in [7, 11) is 0. The first kappa shape index (κ1) is 23.4. The Labute approximate surface area is 189 Å². The van der Waals surface area contributed by atoms with Crippen molar-refractivity contribution in [1.82, 2.24) is 14.5 Å². The van der Waals surface area contributed by atoms with Crippen LogP contribution >= 0.6 is 0 Å². The molecule has 7 nitrogen and oxygen atoms in total. The van der Waals surface area contributed by atoms with Gasteiger partial charge in [0.25, 0.3) is 5.56 Å². The minimum Gasteiger partial charge on any atom is -0.383 e. The van der Waals surface area contributed by atoms with E-state index >= 15 is 0 Å². The Balaban J connectivity index is 0.00000141. The van der Waals surface area contributed by atoms with E-state index in [0.717, 1.165) is 47.7 Å². The average Bonchev–Trinajstić information content (AvgIpc) is 2.79. The molecule has 32 heavy (non-hydrogen) atoms. The SMILES string of the molecule is CC.CC(=N)c1c(N)ncnc1NCc1cc2cccc(C)c2c(=O)n1C1CCCCC1. The number of fused-ring (bicyclic) bond motifs is 1. The molecule has 0 bridgehead atoms. The molecule has 0 amide bonds. The molecule has 1 aliphatic carbocycles. The molecular weight excluding hydrogens is 400 g/mol. The van der Waals surface area contributed by atoms with Gasteiger partial charge in [-0.25, -0.2) is 9.97 Å². The van der Waals surface area contributed by atoms with Gasteiger partial charge in [0, 0.05) is 17.4 Å². The molecule has 0 aliphatic heterocycles. The molecule has 0 spiro atoms. The van der Waals surface area contributed by atoms with Crippen LogP contribution in [0.3, 0.4) is 0 Å². The number of aryl methyl sites for hydroxylation is 1. The summed E-state index contributed by atoms with van der Waals surface area (Å²) in [5, 5.41) is 13.1. The van der Waals surface area contributed by atoms with Gasteiger partial charge in [0.15, 0.2) is 0 Å². The number of nitrogens with zero attached hydrogens (tertiary/aromatic N) is 3. The molecule has 2 heterocycles. The number of hydrogen-bond donors (Lipinski definition) is 3. The van der Waals surface area contributed by atoms with Crippen molar-refractivity contribution in [1.29, 1.82) is 5.41 Å². The molecule has 1 saturated carbocycles. The Hall–Kier alpha value is -3.22. The summed E-state index contributed by atoms with van der Waals surface area (Å²) in [4.78, 5) is 21.9. The molecule has 1 aliphatic rings. The predicted octanol–water partition coefficient (Wildman–Crippen LogP) is 5.21. The largest absolute Gasteiger partial charge is 0.383 e. The van der Waals surface area contributed by atoms with Crippen LogP contribution in [-0.4, -0.2) is 20.2 Å². The van der Waals surface area contributed by atoms with Crippen LogP contribution < -0.4 is 16.6 Å². The first-order valence-electron chi connectivity index (χ1n) is 11.5. The Morgan fingerprint density at radius 3 is 2.62 bits per heavy atom. The zero-order valence-corrected chi connectivity index (χ0v) is 19.5. The molecular formula is C25H34N6O. The van der Waals surface area contributed by atoms with Gasteiger partial charge >= 0.3 is 0 Å². The van der Waals surface area contributed by atoms with E-state index < -0.39 is 0 Å². The maximum atomic E-state index is 13.6. The molecule has 0 atom stereocenters. The molecule has 4 N–H and O–H groups in total. The second-order valence-electron chi connectivity index (χ2n) is 8.10. The van der Waals surface area contributed by atoms with Crippen molar-refractivity contribution < 1.29 is 0 Å². The number of anilines is 2. The van der Waals surface area contributed by atoms with Gasteiger partial charge in [0.05, 0.1) is 17.5 Å². The molecule has 0 radical (unpaired) electrons. The molecule has 3 aromatic rings. The summed E-state index contributed by atoms with van der Waals surface area (Å²) in [5.74, 6) is 0.792. The topological polar surface area (TPSA) is 110 Å². The minimum absolute atomic E-state index is 0.0833. The molecule has 4 rings (SSSR count). The smallest absolute Gasteiger partial charge is 0.259 e. The molecule has 2 aromatic heterocycles. The van der Waals surface area contributed by atoms with Crippen molar-refractivity contribution >= 4 is 28.1 Å². The summed E-state index contributed by atoms with van der Waals surface area (Å²) >= 11 is 0. The van der Waals surface area contributed by atoms with Gasteiger partial charge in [-0.3, -0.25) is 4.79 Å². The molecule has 0 saturated heterocycles. The Kier molecular flexibility index (Phi) is 7.62. The van der Waals surface area contributed by atoms with Crippen LogP contribution in [0.25, 0.3) is 10.8 Å². The van der Waals surface area contributed by atoms with Crippen molar-refractivity contribution in [3.8, 4) is 0 Å². The van der Waals surface area contributed by atoms with Crippen LogP contribution in [0.2, 0.25) is 0 Å². The lowest BCUT2D eigenvalue weighted by Crippen LogP contribution is -2.30. The van der Waals surface area contributed by atoms with E-state index in [2.05, 4.69) is 21.4 Å². The minimum atomic E-state index is 0.0833. The lowest BCUT2D eigenvalue weighted by Gasteiger charge is -2.27. The van der Waals surface area contributed by atoms with E-state index in [1.165, 1.54) is 12.7 Å². The zero-order chi connectivity index (χ0) is 23.3. The number of nitrogens with one attached hydrogen (secondary N) is 2. The van der Waals surface area contributed by atoms with Crippen LogP contribution in [0.15, 0.2) is 35.4 Å². The number of hydrogen-bond acceptors (Lipinski definition) is 6. The van der Waals surface area contributed by atoms with Crippen LogP contribution in [-0.2, 0) is 6.54 Å².